The van der Waals surface area contributed by atoms with Gasteiger partial charge >= 0.3 is 0 Å². The molecule has 0 aromatic heterocycles. The van der Waals surface area contributed by atoms with Gasteiger partial charge < -0.3 is 10.5 Å². The molecule has 0 aliphatic rings. The number of ether oxygens (including phenoxy) is 1. The maximum atomic E-state index is 12.4. The van der Waals surface area contributed by atoms with Crippen LogP contribution in [0.3, 0.4) is 0 Å². The summed E-state index contributed by atoms with van der Waals surface area (Å²) in [6, 6.07) is 12.7. The molecule has 0 spiro atoms. The predicted octanol–water partition coefficient (Wildman–Crippen LogP) is 2.72. The van der Waals surface area contributed by atoms with Crippen molar-refractivity contribution < 1.29 is 13.2 Å². The molecular formula is C15H16ClN3O3S. The summed E-state index contributed by atoms with van der Waals surface area (Å²) in [7, 11) is -2.19. The number of amidine groups is 1. The lowest BCUT2D eigenvalue weighted by Crippen LogP contribution is -2.13. The van der Waals surface area contributed by atoms with Crippen LogP contribution in [0.5, 0.6) is 5.75 Å². The molecule has 2 aromatic carbocycles. The van der Waals surface area contributed by atoms with E-state index in [0.717, 1.165) is 0 Å². The molecule has 0 aliphatic carbocycles. The normalized spacial score (nSPS) is 12.0. The van der Waals surface area contributed by atoms with Crippen LogP contribution in [0.15, 0.2) is 58.4 Å². The first-order chi connectivity index (χ1) is 10.9. The smallest absolute Gasteiger partial charge is 0.261 e. The van der Waals surface area contributed by atoms with Crippen LogP contribution in [-0.2, 0) is 10.0 Å². The number of halogens is 1. The minimum atomic E-state index is -3.70. The van der Waals surface area contributed by atoms with Crippen LogP contribution in [0, 0.1) is 0 Å². The molecule has 0 amide bonds. The quantitative estimate of drug-likeness (QED) is 0.474. The van der Waals surface area contributed by atoms with E-state index in [4.69, 9.17) is 22.1 Å². The first-order valence-electron chi connectivity index (χ1n) is 6.60. The number of hydrogen-bond donors (Lipinski definition) is 2. The van der Waals surface area contributed by atoms with E-state index in [1.165, 1.54) is 19.2 Å². The van der Waals surface area contributed by atoms with E-state index < -0.39 is 10.0 Å². The number of rotatable bonds is 6. The third kappa shape index (κ3) is 4.61. The van der Waals surface area contributed by atoms with E-state index in [9.17, 15) is 8.42 Å². The molecule has 122 valence electrons. The summed E-state index contributed by atoms with van der Waals surface area (Å²) in [5.74, 6) is 0.931. The number of sulfonamides is 1. The molecule has 2 aromatic rings. The molecule has 3 N–H and O–H groups in total. The number of benzene rings is 2. The Labute approximate surface area is 140 Å². The third-order valence-electron chi connectivity index (χ3n) is 2.88. The number of nitrogens with one attached hydrogen (secondary N) is 1. The molecule has 0 radical (unpaired) electrons. The van der Waals surface area contributed by atoms with Gasteiger partial charge in [-0.3, -0.25) is 4.72 Å². The number of hydrogen-bond acceptors (Lipinski definition) is 4. The minimum absolute atomic E-state index is 0.109. The highest BCUT2D eigenvalue weighted by atomic mass is 35.5. The molecule has 0 atom stereocenters. The Balaban J connectivity index is 2.22. The molecule has 2 rings (SSSR count). The number of nitrogens with two attached hydrogens (primary N) is 1. The van der Waals surface area contributed by atoms with Crippen LogP contribution < -0.4 is 15.2 Å². The lowest BCUT2D eigenvalue weighted by molar-refractivity contribution is 0.415. The van der Waals surface area contributed by atoms with E-state index >= 15 is 0 Å². The molecule has 0 fully saturated rings. The van der Waals surface area contributed by atoms with E-state index in [1.54, 1.807) is 36.4 Å². The van der Waals surface area contributed by atoms with Crippen molar-refractivity contribution in [2.24, 2.45) is 10.7 Å². The Morgan fingerprint density at radius 2 is 1.96 bits per heavy atom. The molecule has 0 saturated heterocycles. The summed E-state index contributed by atoms with van der Waals surface area (Å²) < 4.78 is 32.3. The predicted molar refractivity (Wildman–Crippen MR) is 92.2 cm³/mol. The van der Waals surface area contributed by atoms with Crippen LogP contribution >= 0.6 is 11.6 Å². The van der Waals surface area contributed by atoms with Gasteiger partial charge in [0, 0.05) is 6.07 Å². The summed E-state index contributed by atoms with van der Waals surface area (Å²) in [5.41, 5.74) is 6.48. The standard InChI is InChI=1S/C15H16ClN3O3S/c1-22-13-4-2-3-12(9-13)19-23(20,21)14-7-5-11(6-8-14)18-15(17)10-16/h2-9,19H,10H2,1H3,(H2,17,18). The molecular weight excluding hydrogens is 338 g/mol. The van der Waals surface area contributed by atoms with Crippen molar-refractivity contribution in [3.8, 4) is 5.75 Å². The summed E-state index contributed by atoms with van der Waals surface area (Å²) >= 11 is 5.55. The summed E-state index contributed by atoms with van der Waals surface area (Å²) in [4.78, 5) is 4.15. The van der Waals surface area contributed by atoms with E-state index in [2.05, 4.69) is 9.71 Å². The van der Waals surface area contributed by atoms with Crippen LogP contribution in [0.4, 0.5) is 11.4 Å². The van der Waals surface area contributed by atoms with Gasteiger partial charge in [-0.1, -0.05) is 6.07 Å². The average Bonchev–Trinajstić information content (AvgIpc) is 2.55. The first kappa shape index (κ1) is 17.1. The largest absolute Gasteiger partial charge is 0.497 e. The molecule has 23 heavy (non-hydrogen) atoms. The fourth-order valence-corrected chi connectivity index (χ4v) is 2.91. The van der Waals surface area contributed by atoms with Gasteiger partial charge in [-0.15, -0.1) is 11.6 Å². The molecule has 0 heterocycles. The van der Waals surface area contributed by atoms with Crippen molar-refractivity contribution in [1.29, 1.82) is 0 Å². The Morgan fingerprint density at radius 1 is 1.26 bits per heavy atom. The molecule has 0 bridgehead atoms. The van der Waals surface area contributed by atoms with Crippen molar-refractivity contribution >= 4 is 38.8 Å². The highest BCUT2D eigenvalue weighted by Gasteiger charge is 2.14. The van der Waals surface area contributed by atoms with Gasteiger partial charge in [0.25, 0.3) is 10.0 Å². The van der Waals surface area contributed by atoms with E-state index in [-0.39, 0.29) is 16.6 Å². The van der Waals surface area contributed by atoms with Crippen LogP contribution in [0.2, 0.25) is 0 Å². The fourth-order valence-electron chi connectivity index (χ4n) is 1.80. The Bertz CT molecular complexity index is 805. The lowest BCUT2D eigenvalue weighted by Gasteiger charge is -2.09. The SMILES string of the molecule is COc1cccc(NS(=O)(=O)c2ccc(N=C(N)CCl)cc2)c1. The van der Waals surface area contributed by atoms with Gasteiger partial charge in [0.05, 0.1) is 29.3 Å². The molecule has 6 nitrogen and oxygen atoms in total. The monoisotopic (exact) mass is 353 g/mol. The van der Waals surface area contributed by atoms with Gasteiger partial charge in [-0.2, -0.15) is 0 Å². The van der Waals surface area contributed by atoms with Gasteiger partial charge in [0.1, 0.15) is 11.6 Å². The number of methoxy groups -OCH3 is 1. The van der Waals surface area contributed by atoms with Crippen molar-refractivity contribution in [2.45, 2.75) is 4.90 Å². The fraction of sp³-hybridized carbons (Fsp3) is 0.133. The van der Waals surface area contributed by atoms with E-state index in [0.29, 0.717) is 17.1 Å². The molecule has 0 saturated carbocycles. The van der Waals surface area contributed by atoms with Crippen LogP contribution in [-0.4, -0.2) is 27.2 Å². The Kier molecular flexibility index (Phi) is 5.46. The lowest BCUT2D eigenvalue weighted by atomic mass is 10.3. The van der Waals surface area contributed by atoms with Crippen molar-refractivity contribution in [2.75, 3.05) is 17.7 Å². The second-order valence-corrected chi connectivity index (χ2v) is 6.52. The zero-order valence-electron chi connectivity index (χ0n) is 12.4. The Hall–Kier alpha value is -2.25. The summed E-state index contributed by atoms with van der Waals surface area (Å²) in [6.45, 7) is 0. The number of anilines is 1. The van der Waals surface area contributed by atoms with Gasteiger partial charge in [0.15, 0.2) is 0 Å². The average molecular weight is 354 g/mol. The van der Waals surface area contributed by atoms with Gasteiger partial charge in [-0.05, 0) is 36.4 Å². The second-order valence-electron chi connectivity index (χ2n) is 4.57. The zero-order valence-corrected chi connectivity index (χ0v) is 13.9. The summed E-state index contributed by atoms with van der Waals surface area (Å²) in [5, 5.41) is 0. The summed E-state index contributed by atoms with van der Waals surface area (Å²) in [6.07, 6.45) is 0. The van der Waals surface area contributed by atoms with Crippen molar-refractivity contribution in [3.05, 3.63) is 48.5 Å². The van der Waals surface area contributed by atoms with Gasteiger partial charge in [-0.25, -0.2) is 13.4 Å². The topological polar surface area (TPSA) is 93.8 Å². The Morgan fingerprint density at radius 3 is 2.57 bits per heavy atom. The third-order valence-corrected chi connectivity index (χ3v) is 4.55. The highest BCUT2D eigenvalue weighted by molar-refractivity contribution is 7.92. The maximum absolute atomic E-state index is 12.4. The number of alkyl halides is 1. The minimum Gasteiger partial charge on any atom is -0.497 e. The zero-order chi connectivity index (χ0) is 16.9. The molecule has 0 aliphatic heterocycles. The van der Waals surface area contributed by atoms with Crippen molar-refractivity contribution in [1.82, 2.24) is 0 Å². The maximum Gasteiger partial charge on any atom is 0.261 e. The van der Waals surface area contributed by atoms with Gasteiger partial charge in [0.2, 0.25) is 0 Å². The number of aliphatic imine (C=N–C) groups is 1. The number of nitrogens with zero attached hydrogens (tertiary/aromatic N) is 1. The van der Waals surface area contributed by atoms with E-state index in [1.807, 2.05) is 0 Å². The van der Waals surface area contributed by atoms with Crippen LogP contribution in [0.1, 0.15) is 0 Å². The highest BCUT2D eigenvalue weighted by Crippen LogP contribution is 2.22. The second kappa shape index (κ2) is 7.34. The first-order valence-corrected chi connectivity index (χ1v) is 8.62. The van der Waals surface area contributed by atoms with Crippen molar-refractivity contribution in [3.63, 3.8) is 0 Å². The molecule has 0 unspecified atom stereocenters. The van der Waals surface area contributed by atoms with Crippen LogP contribution in [0.25, 0.3) is 0 Å². The molecule has 8 heteroatoms.